The van der Waals surface area contributed by atoms with Crippen molar-refractivity contribution in [3.05, 3.63) is 47.2 Å². The Morgan fingerprint density at radius 1 is 1.08 bits per heavy atom. The van der Waals surface area contributed by atoms with Gasteiger partial charge in [0, 0.05) is 23.7 Å². The minimum absolute atomic E-state index is 0.0134. The largest absolute Gasteiger partial charge is 0.482 e. The Hall–Kier alpha value is -3.00. The summed E-state index contributed by atoms with van der Waals surface area (Å²) in [5.74, 6) is -0.298. The molecule has 0 aliphatic heterocycles. The number of carbonyl (C=O) groups excluding carboxylic acids is 2. The highest BCUT2D eigenvalue weighted by atomic mass is 35.5. The van der Waals surface area contributed by atoms with Crippen LogP contribution < -0.4 is 20.3 Å². The van der Waals surface area contributed by atoms with Crippen LogP contribution in [0, 0.1) is 11.7 Å². The molecule has 9 heteroatoms. The van der Waals surface area contributed by atoms with Crippen molar-refractivity contribution in [2.75, 3.05) is 35.3 Å². The Bertz CT molecular complexity index is 1040. The van der Waals surface area contributed by atoms with E-state index in [0.717, 1.165) is 31.1 Å². The first-order valence-corrected chi connectivity index (χ1v) is 12.9. The lowest BCUT2D eigenvalue weighted by molar-refractivity contribution is -0.145. The molecule has 1 saturated carbocycles. The third kappa shape index (κ3) is 8.01. The maximum absolute atomic E-state index is 14.2. The minimum Gasteiger partial charge on any atom is -0.482 e. The molecule has 0 aromatic heterocycles. The Morgan fingerprint density at radius 2 is 1.81 bits per heavy atom. The van der Waals surface area contributed by atoms with Crippen molar-refractivity contribution in [3.63, 3.8) is 0 Å². The van der Waals surface area contributed by atoms with Crippen LogP contribution in [0.25, 0.3) is 0 Å². The van der Waals surface area contributed by atoms with Crippen LogP contribution in [-0.4, -0.2) is 37.8 Å². The second kappa shape index (κ2) is 13.3. The minimum atomic E-state index is -0.631. The number of benzene rings is 2. The van der Waals surface area contributed by atoms with Gasteiger partial charge < -0.3 is 25.0 Å². The number of carbonyl (C=O) groups is 2. The van der Waals surface area contributed by atoms with Crippen molar-refractivity contribution < 1.29 is 23.5 Å². The number of anilines is 3. The topological polar surface area (TPSA) is 79.9 Å². The van der Waals surface area contributed by atoms with Gasteiger partial charge in [0.25, 0.3) is 0 Å². The number of nitrogens with zero attached hydrogens (tertiary/aromatic N) is 1. The van der Waals surface area contributed by atoms with E-state index >= 15 is 0 Å². The predicted molar refractivity (Wildman–Crippen MR) is 142 cm³/mol. The number of ether oxygens (including phenoxy) is 2. The first-order valence-electron chi connectivity index (χ1n) is 12.5. The summed E-state index contributed by atoms with van der Waals surface area (Å²) in [5.41, 5.74) is 1.37. The fourth-order valence-corrected chi connectivity index (χ4v) is 4.56. The van der Waals surface area contributed by atoms with Crippen molar-refractivity contribution in [1.29, 1.82) is 0 Å². The smallest absolute Gasteiger partial charge is 0.344 e. The molecule has 7 nitrogen and oxygen atoms in total. The van der Waals surface area contributed by atoms with E-state index < -0.39 is 17.8 Å². The van der Waals surface area contributed by atoms with Gasteiger partial charge in [-0.1, -0.05) is 44.7 Å². The Balaban J connectivity index is 1.89. The maximum Gasteiger partial charge on any atom is 0.344 e. The molecule has 0 heterocycles. The summed E-state index contributed by atoms with van der Waals surface area (Å²) in [6.07, 6.45) is 5.72. The molecule has 2 aromatic rings. The lowest BCUT2D eigenvalue weighted by atomic mass is 9.93. The summed E-state index contributed by atoms with van der Waals surface area (Å²) in [6.45, 7) is 6.89. The molecule has 36 heavy (non-hydrogen) atoms. The quantitative estimate of drug-likeness (QED) is 0.335. The number of esters is 1. The van der Waals surface area contributed by atoms with Crippen LogP contribution >= 0.6 is 11.6 Å². The van der Waals surface area contributed by atoms with Gasteiger partial charge >= 0.3 is 12.0 Å². The van der Waals surface area contributed by atoms with Gasteiger partial charge in [0.1, 0.15) is 11.6 Å². The molecule has 2 amide bonds. The summed E-state index contributed by atoms with van der Waals surface area (Å²) >= 11 is 5.82. The van der Waals surface area contributed by atoms with E-state index in [-0.39, 0.29) is 23.9 Å². The number of hydrogen-bond acceptors (Lipinski definition) is 5. The molecule has 196 valence electrons. The number of amides is 2. The van der Waals surface area contributed by atoms with Crippen LogP contribution in [0.4, 0.5) is 26.2 Å². The van der Waals surface area contributed by atoms with Crippen LogP contribution in [0.1, 0.15) is 52.9 Å². The molecule has 0 atom stereocenters. The monoisotopic (exact) mass is 519 g/mol. The van der Waals surface area contributed by atoms with E-state index in [1.807, 2.05) is 6.07 Å². The van der Waals surface area contributed by atoms with E-state index in [1.165, 1.54) is 31.4 Å². The number of rotatable bonds is 10. The summed E-state index contributed by atoms with van der Waals surface area (Å²) < 4.78 is 24.8. The van der Waals surface area contributed by atoms with Gasteiger partial charge in [-0.2, -0.15) is 0 Å². The van der Waals surface area contributed by atoms with Gasteiger partial charge in [0.15, 0.2) is 6.61 Å². The molecular formula is C27H35ClFN3O4. The molecule has 3 rings (SSSR count). The van der Waals surface area contributed by atoms with Gasteiger partial charge in [-0.25, -0.2) is 14.0 Å². The Morgan fingerprint density at radius 3 is 2.47 bits per heavy atom. The molecule has 1 aliphatic carbocycles. The highest BCUT2D eigenvalue weighted by molar-refractivity contribution is 6.30. The lowest BCUT2D eigenvalue weighted by Gasteiger charge is -2.38. The van der Waals surface area contributed by atoms with Crippen LogP contribution in [0.2, 0.25) is 5.02 Å². The van der Waals surface area contributed by atoms with Crippen molar-refractivity contribution in [3.8, 4) is 5.75 Å². The van der Waals surface area contributed by atoms with Crippen molar-refractivity contribution in [1.82, 2.24) is 0 Å². The number of hydrogen-bond donors (Lipinski definition) is 2. The molecule has 2 N–H and O–H groups in total. The standard InChI is InChI=1S/C27H35ClFN3O4/c1-4-35-26(33)17-36-21-11-13-25(32(16-18(2)3)20-8-6-5-7-9-20)24(15-21)31-27(34)30-23-12-10-19(28)14-22(23)29/h10-15,18,20H,4-9,16-17H2,1-3H3,(H2,30,31,34). The first kappa shape index (κ1) is 27.6. The summed E-state index contributed by atoms with van der Waals surface area (Å²) in [6, 6.07) is 9.16. The Labute approximate surface area is 217 Å². The zero-order valence-electron chi connectivity index (χ0n) is 21.1. The lowest BCUT2D eigenvalue weighted by Crippen LogP contribution is -2.40. The molecule has 0 bridgehead atoms. The SMILES string of the molecule is CCOC(=O)COc1ccc(N(CC(C)C)C2CCCCC2)c(NC(=O)Nc2ccc(Cl)cc2F)c1. The number of nitrogens with one attached hydrogen (secondary N) is 2. The van der Waals surface area contributed by atoms with Crippen LogP contribution in [-0.2, 0) is 9.53 Å². The molecule has 1 aliphatic rings. The second-order valence-electron chi connectivity index (χ2n) is 9.31. The fourth-order valence-electron chi connectivity index (χ4n) is 4.40. The first-order chi connectivity index (χ1) is 17.3. The third-order valence-electron chi connectivity index (χ3n) is 5.94. The van der Waals surface area contributed by atoms with Crippen LogP contribution in [0.5, 0.6) is 5.75 Å². The van der Waals surface area contributed by atoms with Gasteiger partial charge in [-0.15, -0.1) is 0 Å². The third-order valence-corrected chi connectivity index (χ3v) is 6.18. The van der Waals surface area contributed by atoms with Crippen molar-refractivity contribution in [2.45, 2.75) is 58.9 Å². The second-order valence-corrected chi connectivity index (χ2v) is 9.75. The van der Waals surface area contributed by atoms with Gasteiger partial charge in [-0.05, 0) is 56.0 Å². The zero-order valence-corrected chi connectivity index (χ0v) is 21.9. The average Bonchev–Trinajstić information content (AvgIpc) is 2.84. The molecule has 0 spiro atoms. The summed E-state index contributed by atoms with van der Waals surface area (Å²) in [4.78, 5) is 27.0. The normalized spacial score (nSPS) is 13.8. The number of urea groups is 1. The van der Waals surface area contributed by atoms with Gasteiger partial charge in [0.05, 0.1) is 23.7 Å². The van der Waals surface area contributed by atoms with E-state index in [0.29, 0.717) is 23.4 Å². The molecule has 0 unspecified atom stereocenters. The van der Waals surface area contributed by atoms with Crippen molar-refractivity contribution in [2.24, 2.45) is 5.92 Å². The molecule has 1 fully saturated rings. The van der Waals surface area contributed by atoms with Gasteiger partial charge in [0.2, 0.25) is 0 Å². The maximum atomic E-state index is 14.2. The highest BCUT2D eigenvalue weighted by Gasteiger charge is 2.25. The summed E-state index contributed by atoms with van der Waals surface area (Å²) in [7, 11) is 0. The van der Waals surface area contributed by atoms with E-state index in [2.05, 4.69) is 29.4 Å². The van der Waals surface area contributed by atoms with Crippen LogP contribution in [0.15, 0.2) is 36.4 Å². The zero-order chi connectivity index (χ0) is 26.1. The Kier molecular flexibility index (Phi) is 10.2. The molecular weight excluding hydrogens is 485 g/mol. The number of halogens is 2. The van der Waals surface area contributed by atoms with E-state index in [9.17, 15) is 14.0 Å². The highest BCUT2D eigenvalue weighted by Crippen LogP contribution is 2.36. The van der Waals surface area contributed by atoms with Crippen molar-refractivity contribution >= 4 is 40.7 Å². The molecule has 0 radical (unpaired) electrons. The molecule has 0 saturated heterocycles. The van der Waals surface area contributed by atoms with Crippen LogP contribution in [0.3, 0.4) is 0 Å². The summed E-state index contributed by atoms with van der Waals surface area (Å²) in [5, 5.41) is 5.64. The van der Waals surface area contributed by atoms with E-state index in [4.69, 9.17) is 21.1 Å². The average molecular weight is 520 g/mol. The van der Waals surface area contributed by atoms with Gasteiger partial charge in [-0.3, -0.25) is 0 Å². The fraction of sp³-hybridized carbons (Fsp3) is 0.481. The molecule has 2 aromatic carbocycles. The predicted octanol–water partition coefficient (Wildman–Crippen LogP) is 6.86. The van der Waals surface area contributed by atoms with E-state index in [1.54, 1.807) is 19.1 Å².